The van der Waals surface area contributed by atoms with Crippen LogP contribution in [-0.4, -0.2) is 9.78 Å². The molecule has 0 spiro atoms. The Kier molecular flexibility index (Phi) is 3.61. The lowest BCUT2D eigenvalue weighted by atomic mass is 10.1. The molecule has 0 radical (unpaired) electrons. The number of halogens is 3. The zero-order chi connectivity index (χ0) is 15.7. The third-order valence-electron chi connectivity index (χ3n) is 3.09. The zero-order valence-corrected chi connectivity index (χ0v) is 11.9. The summed E-state index contributed by atoms with van der Waals surface area (Å²) < 4.78 is 28.0. The molecule has 0 atom stereocenters. The largest absolute Gasteiger partial charge is 0.232 e. The zero-order valence-electron chi connectivity index (χ0n) is 11.1. The number of nitrogens with zero attached hydrogens (tertiary/aromatic N) is 3. The highest BCUT2D eigenvalue weighted by molar-refractivity contribution is 6.30. The maximum absolute atomic E-state index is 13.5. The Morgan fingerprint density at radius 2 is 1.86 bits per heavy atom. The first-order valence-corrected chi connectivity index (χ1v) is 6.68. The van der Waals surface area contributed by atoms with Crippen molar-refractivity contribution in [3.63, 3.8) is 0 Å². The SMILES string of the molecule is N#Cc1cc(-c2ccc(F)c(F)c2)n(-c2cccc(Cl)c2)n1. The van der Waals surface area contributed by atoms with Crippen molar-refractivity contribution in [2.75, 3.05) is 0 Å². The number of hydrogen-bond donors (Lipinski definition) is 0. The molecule has 0 aliphatic heterocycles. The van der Waals surface area contributed by atoms with Crippen LogP contribution in [0, 0.1) is 23.0 Å². The van der Waals surface area contributed by atoms with E-state index in [2.05, 4.69) is 5.10 Å². The highest BCUT2D eigenvalue weighted by Gasteiger charge is 2.13. The van der Waals surface area contributed by atoms with Crippen molar-refractivity contribution >= 4 is 11.6 Å². The molecule has 1 aromatic heterocycles. The average Bonchev–Trinajstić information content (AvgIpc) is 2.94. The van der Waals surface area contributed by atoms with Gasteiger partial charge in [0.15, 0.2) is 17.3 Å². The lowest BCUT2D eigenvalue weighted by molar-refractivity contribution is 0.509. The molecule has 3 nitrogen and oxygen atoms in total. The smallest absolute Gasteiger partial charge is 0.163 e. The lowest BCUT2D eigenvalue weighted by Crippen LogP contribution is -1.99. The average molecular weight is 316 g/mol. The number of nitriles is 1. The van der Waals surface area contributed by atoms with Crippen molar-refractivity contribution in [1.29, 1.82) is 5.26 Å². The molecule has 1 heterocycles. The van der Waals surface area contributed by atoms with E-state index in [4.69, 9.17) is 16.9 Å². The number of hydrogen-bond acceptors (Lipinski definition) is 2. The third-order valence-corrected chi connectivity index (χ3v) is 3.33. The van der Waals surface area contributed by atoms with Gasteiger partial charge in [0, 0.05) is 16.7 Å². The van der Waals surface area contributed by atoms with E-state index in [9.17, 15) is 8.78 Å². The van der Waals surface area contributed by atoms with E-state index in [1.165, 1.54) is 16.8 Å². The Hall–Kier alpha value is -2.71. The second-order valence-electron chi connectivity index (χ2n) is 4.55. The maximum Gasteiger partial charge on any atom is 0.163 e. The number of benzene rings is 2. The minimum Gasteiger partial charge on any atom is -0.232 e. The van der Waals surface area contributed by atoms with E-state index in [1.54, 1.807) is 24.3 Å². The van der Waals surface area contributed by atoms with Crippen molar-refractivity contribution in [1.82, 2.24) is 9.78 Å². The van der Waals surface area contributed by atoms with Crippen molar-refractivity contribution in [3.05, 3.63) is 70.9 Å². The summed E-state index contributed by atoms with van der Waals surface area (Å²) in [6.45, 7) is 0. The molecule has 2 aromatic carbocycles. The summed E-state index contributed by atoms with van der Waals surface area (Å²) in [7, 11) is 0. The van der Waals surface area contributed by atoms with Crippen molar-refractivity contribution < 1.29 is 8.78 Å². The van der Waals surface area contributed by atoms with Gasteiger partial charge in [-0.1, -0.05) is 17.7 Å². The van der Waals surface area contributed by atoms with Crippen LogP contribution in [0.5, 0.6) is 0 Å². The molecule has 0 saturated carbocycles. The normalized spacial score (nSPS) is 10.5. The van der Waals surface area contributed by atoms with E-state index in [0.717, 1.165) is 12.1 Å². The first kappa shape index (κ1) is 14.2. The van der Waals surface area contributed by atoms with E-state index in [1.807, 2.05) is 6.07 Å². The van der Waals surface area contributed by atoms with Gasteiger partial charge in [-0.25, -0.2) is 13.5 Å². The minimum atomic E-state index is -0.963. The standard InChI is InChI=1S/C16H8ClF2N3/c17-11-2-1-3-13(7-11)22-16(8-12(9-20)21-22)10-4-5-14(18)15(19)6-10/h1-8H. The molecule has 0 saturated heterocycles. The molecule has 3 aromatic rings. The quantitative estimate of drug-likeness (QED) is 0.705. The second kappa shape index (κ2) is 5.58. The first-order chi connectivity index (χ1) is 10.6. The van der Waals surface area contributed by atoms with Gasteiger partial charge < -0.3 is 0 Å². The Bertz CT molecular complexity index is 897. The van der Waals surface area contributed by atoms with Gasteiger partial charge in [-0.2, -0.15) is 10.4 Å². The van der Waals surface area contributed by atoms with Gasteiger partial charge in [-0.15, -0.1) is 0 Å². The maximum atomic E-state index is 13.5. The summed E-state index contributed by atoms with van der Waals surface area (Å²) >= 11 is 5.96. The summed E-state index contributed by atoms with van der Waals surface area (Å²) in [4.78, 5) is 0. The van der Waals surface area contributed by atoms with E-state index >= 15 is 0 Å². The fraction of sp³-hybridized carbons (Fsp3) is 0. The Morgan fingerprint density at radius 3 is 2.55 bits per heavy atom. The molecule has 0 unspecified atom stereocenters. The summed E-state index contributed by atoms with van der Waals surface area (Å²) in [5, 5.41) is 13.7. The Balaban J connectivity index is 2.21. The van der Waals surface area contributed by atoms with Gasteiger partial charge in [0.25, 0.3) is 0 Å². The van der Waals surface area contributed by atoms with Gasteiger partial charge in [0.2, 0.25) is 0 Å². The van der Waals surface area contributed by atoms with E-state index < -0.39 is 11.6 Å². The van der Waals surface area contributed by atoms with Crippen LogP contribution >= 0.6 is 11.6 Å². The molecule has 0 aliphatic carbocycles. The van der Waals surface area contributed by atoms with Crippen molar-refractivity contribution in [3.8, 4) is 23.0 Å². The molecule has 108 valence electrons. The highest BCUT2D eigenvalue weighted by atomic mass is 35.5. The van der Waals surface area contributed by atoms with Crippen LogP contribution in [0.1, 0.15) is 5.69 Å². The molecule has 0 N–H and O–H groups in total. The first-order valence-electron chi connectivity index (χ1n) is 6.30. The van der Waals surface area contributed by atoms with Crippen LogP contribution in [0.3, 0.4) is 0 Å². The third kappa shape index (κ3) is 2.57. The molecule has 22 heavy (non-hydrogen) atoms. The highest BCUT2D eigenvalue weighted by Crippen LogP contribution is 2.26. The molecule has 0 fully saturated rings. The van der Waals surface area contributed by atoms with Crippen LogP contribution in [0.4, 0.5) is 8.78 Å². The molecule has 0 aliphatic rings. The van der Waals surface area contributed by atoms with Gasteiger partial charge in [0.1, 0.15) is 6.07 Å². The fourth-order valence-corrected chi connectivity index (χ4v) is 2.29. The monoisotopic (exact) mass is 315 g/mol. The van der Waals surface area contributed by atoms with Gasteiger partial charge >= 0.3 is 0 Å². The topological polar surface area (TPSA) is 41.6 Å². The lowest BCUT2D eigenvalue weighted by Gasteiger charge is -2.08. The minimum absolute atomic E-state index is 0.166. The van der Waals surface area contributed by atoms with Crippen LogP contribution in [-0.2, 0) is 0 Å². The number of rotatable bonds is 2. The summed E-state index contributed by atoms with van der Waals surface area (Å²) in [6, 6.07) is 13.8. The molecular weight excluding hydrogens is 308 g/mol. The summed E-state index contributed by atoms with van der Waals surface area (Å²) in [6.07, 6.45) is 0. The fourth-order valence-electron chi connectivity index (χ4n) is 2.10. The summed E-state index contributed by atoms with van der Waals surface area (Å²) in [5.41, 5.74) is 1.67. The van der Waals surface area contributed by atoms with E-state index in [0.29, 0.717) is 22.0 Å². The predicted octanol–water partition coefficient (Wildman–Crippen LogP) is 4.34. The van der Waals surface area contributed by atoms with Crippen LogP contribution < -0.4 is 0 Å². The van der Waals surface area contributed by atoms with Gasteiger partial charge in [0.05, 0.1) is 11.4 Å². The molecule has 0 bridgehead atoms. The molecular formula is C16H8ClF2N3. The van der Waals surface area contributed by atoms with Gasteiger partial charge in [-0.05, 0) is 36.4 Å². The second-order valence-corrected chi connectivity index (χ2v) is 4.98. The summed E-state index contributed by atoms with van der Waals surface area (Å²) in [5.74, 6) is -1.90. The van der Waals surface area contributed by atoms with Gasteiger partial charge in [-0.3, -0.25) is 0 Å². The van der Waals surface area contributed by atoms with Crippen LogP contribution in [0.15, 0.2) is 48.5 Å². The van der Waals surface area contributed by atoms with Crippen LogP contribution in [0.25, 0.3) is 16.9 Å². The van der Waals surface area contributed by atoms with Crippen molar-refractivity contribution in [2.45, 2.75) is 0 Å². The Morgan fingerprint density at radius 1 is 1.05 bits per heavy atom. The van der Waals surface area contributed by atoms with Crippen molar-refractivity contribution in [2.24, 2.45) is 0 Å². The Labute approximate surface area is 130 Å². The molecule has 0 amide bonds. The molecule has 3 rings (SSSR count). The molecule has 6 heteroatoms. The van der Waals surface area contributed by atoms with E-state index in [-0.39, 0.29) is 5.69 Å². The number of aromatic nitrogens is 2. The van der Waals surface area contributed by atoms with Crippen LogP contribution in [0.2, 0.25) is 5.02 Å². The predicted molar refractivity (Wildman–Crippen MR) is 78.6 cm³/mol.